The molecule has 1 aliphatic carbocycles. The number of carboxylic acid groups (broad SMARTS) is 1. The third-order valence-corrected chi connectivity index (χ3v) is 3.10. The molecule has 2 unspecified atom stereocenters. The van der Waals surface area contributed by atoms with Gasteiger partial charge in [-0.1, -0.05) is 13.8 Å². The Morgan fingerprint density at radius 3 is 2.43 bits per heavy atom. The van der Waals surface area contributed by atoms with E-state index in [0.717, 1.165) is 0 Å². The van der Waals surface area contributed by atoms with E-state index in [0.29, 0.717) is 13.0 Å². The molecule has 0 aromatic heterocycles. The molecular formula is C10H17NO3. The van der Waals surface area contributed by atoms with Gasteiger partial charge in [-0.3, -0.25) is 9.59 Å². The van der Waals surface area contributed by atoms with Crippen molar-refractivity contribution in [1.82, 2.24) is 5.32 Å². The van der Waals surface area contributed by atoms with Crippen molar-refractivity contribution in [3.63, 3.8) is 0 Å². The van der Waals surface area contributed by atoms with Crippen LogP contribution in [0.5, 0.6) is 0 Å². The lowest BCUT2D eigenvalue weighted by Gasteiger charge is -2.15. The van der Waals surface area contributed by atoms with Gasteiger partial charge in [0.15, 0.2) is 0 Å². The highest BCUT2D eigenvalue weighted by Gasteiger charge is 2.65. The summed E-state index contributed by atoms with van der Waals surface area (Å²) >= 11 is 0. The second-order valence-electron chi connectivity index (χ2n) is 4.15. The van der Waals surface area contributed by atoms with E-state index in [4.69, 9.17) is 5.11 Å². The Bertz CT molecular complexity index is 262. The molecule has 1 amide bonds. The van der Waals surface area contributed by atoms with Crippen LogP contribution in [0, 0.1) is 17.3 Å². The van der Waals surface area contributed by atoms with Crippen molar-refractivity contribution >= 4 is 11.9 Å². The minimum Gasteiger partial charge on any atom is -0.481 e. The first-order valence-corrected chi connectivity index (χ1v) is 4.98. The van der Waals surface area contributed by atoms with Crippen LogP contribution in [0.1, 0.15) is 27.2 Å². The summed E-state index contributed by atoms with van der Waals surface area (Å²) < 4.78 is 0. The van der Waals surface area contributed by atoms with Crippen LogP contribution in [-0.4, -0.2) is 23.5 Å². The topological polar surface area (TPSA) is 66.4 Å². The summed E-state index contributed by atoms with van der Waals surface area (Å²) in [6.45, 7) is 6.10. The Balaban J connectivity index is 2.71. The first-order chi connectivity index (χ1) is 6.46. The van der Waals surface area contributed by atoms with Crippen molar-refractivity contribution in [3.8, 4) is 0 Å². The molecule has 4 nitrogen and oxygen atoms in total. The van der Waals surface area contributed by atoms with Crippen molar-refractivity contribution in [2.75, 3.05) is 6.54 Å². The van der Waals surface area contributed by atoms with Crippen LogP contribution in [0.4, 0.5) is 0 Å². The van der Waals surface area contributed by atoms with E-state index in [1.54, 1.807) is 0 Å². The number of carboxylic acids is 1. The molecule has 2 N–H and O–H groups in total. The van der Waals surface area contributed by atoms with Crippen LogP contribution in [0.25, 0.3) is 0 Å². The quantitative estimate of drug-likeness (QED) is 0.706. The molecule has 0 bridgehead atoms. The number of carbonyl (C=O) groups excluding carboxylic acids is 1. The van der Waals surface area contributed by atoms with Crippen molar-refractivity contribution in [2.24, 2.45) is 17.3 Å². The van der Waals surface area contributed by atoms with Crippen LogP contribution >= 0.6 is 0 Å². The molecule has 2 atom stereocenters. The normalized spacial score (nSPS) is 30.1. The van der Waals surface area contributed by atoms with Gasteiger partial charge in [0, 0.05) is 6.54 Å². The third-order valence-electron chi connectivity index (χ3n) is 3.10. The maximum absolute atomic E-state index is 11.5. The molecule has 0 aliphatic heterocycles. The van der Waals surface area contributed by atoms with E-state index in [2.05, 4.69) is 5.32 Å². The summed E-state index contributed by atoms with van der Waals surface area (Å²) in [6.07, 6.45) is 0.478. The third kappa shape index (κ3) is 1.49. The lowest BCUT2D eigenvalue weighted by atomic mass is 9.89. The van der Waals surface area contributed by atoms with Crippen LogP contribution < -0.4 is 5.32 Å². The molecule has 0 aromatic carbocycles. The highest BCUT2D eigenvalue weighted by molar-refractivity contribution is 5.92. The summed E-state index contributed by atoms with van der Waals surface area (Å²) in [5.74, 6) is -1.29. The van der Waals surface area contributed by atoms with E-state index in [1.807, 2.05) is 20.8 Å². The van der Waals surface area contributed by atoms with Gasteiger partial charge in [-0.05, 0) is 19.3 Å². The molecule has 0 saturated heterocycles. The first kappa shape index (κ1) is 11.0. The maximum atomic E-state index is 11.5. The molecule has 1 rings (SSSR count). The molecule has 0 radical (unpaired) electrons. The Labute approximate surface area is 83.7 Å². The largest absolute Gasteiger partial charge is 0.481 e. The van der Waals surface area contributed by atoms with E-state index < -0.39 is 11.4 Å². The summed E-state index contributed by atoms with van der Waals surface area (Å²) in [7, 11) is 0. The lowest BCUT2D eigenvalue weighted by Crippen LogP contribution is -2.32. The number of rotatable bonds is 4. The Morgan fingerprint density at radius 1 is 1.57 bits per heavy atom. The number of amides is 1. The zero-order chi connectivity index (χ0) is 10.9. The predicted molar refractivity (Wildman–Crippen MR) is 51.7 cm³/mol. The van der Waals surface area contributed by atoms with Crippen molar-refractivity contribution in [1.29, 1.82) is 0 Å². The minimum absolute atomic E-state index is 0.00704. The zero-order valence-corrected chi connectivity index (χ0v) is 8.83. The fourth-order valence-corrected chi connectivity index (χ4v) is 2.02. The van der Waals surface area contributed by atoms with Crippen molar-refractivity contribution in [3.05, 3.63) is 0 Å². The van der Waals surface area contributed by atoms with Crippen molar-refractivity contribution < 1.29 is 14.7 Å². The maximum Gasteiger partial charge on any atom is 0.310 e. The lowest BCUT2D eigenvalue weighted by molar-refractivity contribution is -0.147. The first-order valence-electron chi connectivity index (χ1n) is 4.98. The Kier molecular flexibility index (Phi) is 2.83. The number of carbonyl (C=O) groups is 2. The molecule has 0 heterocycles. The van der Waals surface area contributed by atoms with Gasteiger partial charge in [0.1, 0.15) is 0 Å². The molecule has 1 fully saturated rings. The fraction of sp³-hybridized carbons (Fsp3) is 0.800. The number of hydrogen-bond donors (Lipinski definition) is 2. The summed E-state index contributed by atoms with van der Waals surface area (Å²) in [6, 6.07) is 0. The van der Waals surface area contributed by atoms with E-state index in [9.17, 15) is 9.59 Å². The summed E-state index contributed by atoms with van der Waals surface area (Å²) in [5.41, 5.74) is -0.806. The summed E-state index contributed by atoms with van der Waals surface area (Å²) in [5, 5.41) is 11.8. The SMILES string of the molecule is CCNC(=O)C1CC1(C(=O)O)C(C)C. The molecule has 1 aliphatic rings. The van der Waals surface area contributed by atoms with Gasteiger partial charge < -0.3 is 10.4 Å². The fourth-order valence-electron chi connectivity index (χ4n) is 2.02. The molecule has 1 saturated carbocycles. The average molecular weight is 199 g/mol. The minimum atomic E-state index is -0.844. The molecular weight excluding hydrogens is 182 g/mol. The average Bonchev–Trinajstić information content (AvgIpc) is 2.79. The van der Waals surface area contributed by atoms with Crippen LogP contribution in [0.15, 0.2) is 0 Å². The number of nitrogens with one attached hydrogen (secondary N) is 1. The van der Waals surface area contributed by atoms with E-state index in [1.165, 1.54) is 0 Å². The second kappa shape index (κ2) is 3.59. The number of aliphatic carboxylic acids is 1. The van der Waals surface area contributed by atoms with Gasteiger partial charge in [0.25, 0.3) is 0 Å². The molecule has 0 aromatic rings. The number of hydrogen-bond acceptors (Lipinski definition) is 2. The van der Waals surface area contributed by atoms with E-state index >= 15 is 0 Å². The standard InChI is InChI=1S/C10H17NO3/c1-4-11-8(12)7-5-10(7,6(2)3)9(13)14/h6-7H,4-5H2,1-3H3,(H,11,12)(H,13,14). The van der Waals surface area contributed by atoms with Crippen molar-refractivity contribution in [2.45, 2.75) is 27.2 Å². The second-order valence-corrected chi connectivity index (χ2v) is 4.15. The molecule has 4 heteroatoms. The van der Waals surface area contributed by atoms with Crippen LogP contribution in [0.2, 0.25) is 0 Å². The monoisotopic (exact) mass is 199 g/mol. The van der Waals surface area contributed by atoms with Gasteiger partial charge in [0.2, 0.25) is 5.91 Å². The van der Waals surface area contributed by atoms with Gasteiger partial charge in [-0.25, -0.2) is 0 Å². The van der Waals surface area contributed by atoms with E-state index in [-0.39, 0.29) is 17.7 Å². The van der Waals surface area contributed by atoms with Gasteiger partial charge in [0.05, 0.1) is 11.3 Å². The van der Waals surface area contributed by atoms with Crippen LogP contribution in [0.3, 0.4) is 0 Å². The molecule has 80 valence electrons. The molecule has 14 heavy (non-hydrogen) atoms. The summed E-state index contributed by atoms with van der Waals surface area (Å²) in [4.78, 5) is 22.5. The highest BCUT2D eigenvalue weighted by atomic mass is 16.4. The van der Waals surface area contributed by atoms with Gasteiger partial charge in [-0.15, -0.1) is 0 Å². The Morgan fingerprint density at radius 2 is 2.14 bits per heavy atom. The van der Waals surface area contributed by atoms with Gasteiger partial charge >= 0.3 is 5.97 Å². The van der Waals surface area contributed by atoms with Gasteiger partial charge in [-0.2, -0.15) is 0 Å². The smallest absolute Gasteiger partial charge is 0.310 e. The highest BCUT2D eigenvalue weighted by Crippen LogP contribution is 2.58. The Hall–Kier alpha value is -1.06. The van der Waals surface area contributed by atoms with Crippen LogP contribution in [-0.2, 0) is 9.59 Å². The predicted octanol–water partition coefficient (Wildman–Crippen LogP) is 0.869. The molecule has 0 spiro atoms. The zero-order valence-electron chi connectivity index (χ0n) is 8.83.